The van der Waals surface area contributed by atoms with E-state index in [1.54, 1.807) is 0 Å². The normalized spacial score (nSPS) is 17.3. The summed E-state index contributed by atoms with van der Waals surface area (Å²) in [6.45, 7) is 6.79. The summed E-state index contributed by atoms with van der Waals surface area (Å²) >= 11 is 0. The van der Waals surface area contributed by atoms with Gasteiger partial charge in [-0.15, -0.1) is 0 Å². The highest BCUT2D eigenvalue weighted by molar-refractivity contribution is 5.47. The Morgan fingerprint density at radius 2 is 2.16 bits per heavy atom. The van der Waals surface area contributed by atoms with Gasteiger partial charge < -0.3 is 10.5 Å². The number of hydrogen-bond donors (Lipinski definition) is 1. The van der Waals surface area contributed by atoms with Gasteiger partial charge in [-0.1, -0.05) is 17.7 Å². The Morgan fingerprint density at radius 1 is 1.37 bits per heavy atom. The van der Waals surface area contributed by atoms with Crippen LogP contribution in [0.2, 0.25) is 0 Å². The Bertz CT molecular complexity index is 631. The Morgan fingerprint density at radius 3 is 2.84 bits per heavy atom. The van der Waals surface area contributed by atoms with Gasteiger partial charge in [-0.25, -0.2) is 0 Å². The van der Waals surface area contributed by atoms with Crippen molar-refractivity contribution < 1.29 is 4.74 Å². The first-order valence-corrected chi connectivity index (χ1v) is 6.60. The van der Waals surface area contributed by atoms with Gasteiger partial charge in [-0.2, -0.15) is 5.10 Å². The van der Waals surface area contributed by atoms with E-state index < -0.39 is 0 Å². The number of hydrogen-bond acceptors (Lipinski definition) is 3. The van der Waals surface area contributed by atoms with Gasteiger partial charge >= 0.3 is 0 Å². The summed E-state index contributed by atoms with van der Waals surface area (Å²) in [7, 11) is 0. The summed E-state index contributed by atoms with van der Waals surface area (Å²) in [5.41, 5.74) is 11.2. The number of fused-ring (bicyclic) bond motifs is 1. The maximum Gasteiger partial charge on any atom is 0.123 e. The fourth-order valence-electron chi connectivity index (χ4n) is 2.63. The Labute approximate surface area is 113 Å². The van der Waals surface area contributed by atoms with Crippen molar-refractivity contribution in [3.8, 4) is 5.75 Å². The molecule has 2 N–H and O–H groups in total. The molecule has 1 aliphatic heterocycles. The smallest absolute Gasteiger partial charge is 0.123 e. The number of nitrogens with two attached hydrogens (primary N) is 1. The fourth-order valence-corrected chi connectivity index (χ4v) is 2.63. The van der Waals surface area contributed by atoms with E-state index in [-0.39, 0.29) is 6.10 Å². The number of aryl methyl sites for hydroxylation is 2. The van der Waals surface area contributed by atoms with Crippen LogP contribution in [0.1, 0.15) is 22.5 Å². The zero-order valence-corrected chi connectivity index (χ0v) is 11.6. The molecule has 0 bridgehead atoms. The monoisotopic (exact) mass is 257 g/mol. The van der Waals surface area contributed by atoms with E-state index in [0.717, 1.165) is 35.8 Å². The molecule has 4 heteroatoms. The summed E-state index contributed by atoms with van der Waals surface area (Å²) in [5, 5.41) is 4.47. The lowest BCUT2D eigenvalue weighted by molar-refractivity contribution is 0.202. The maximum absolute atomic E-state index is 5.97. The van der Waals surface area contributed by atoms with Gasteiger partial charge in [0.2, 0.25) is 0 Å². The quantitative estimate of drug-likeness (QED) is 0.898. The van der Waals surface area contributed by atoms with Crippen LogP contribution in [0.5, 0.6) is 5.75 Å². The Hall–Kier alpha value is -1.97. The molecule has 2 aromatic rings. The highest BCUT2D eigenvalue weighted by Gasteiger charge is 2.24. The second-order valence-corrected chi connectivity index (χ2v) is 5.32. The van der Waals surface area contributed by atoms with Crippen LogP contribution in [-0.4, -0.2) is 15.9 Å². The Balaban J connectivity index is 1.78. The van der Waals surface area contributed by atoms with E-state index in [4.69, 9.17) is 10.5 Å². The molecule has 1 unspecified atom stereocenters. The summed E-state index contributed by atoms with van der Waals surface area (Å²) in [5.74, 6) is 1.00. The Kier molecular flexibility index (Phi) is 2.73. The van der Waals surface area contributed by atoms with E-state index in [2.05, 4.69) is 30.2 Å². The summed E-state index contributed by atoms with van der Waals surface area (Å²) in [6.07, 6.45) is 1.09. The van der Waals surface area contributed by atoms with E-state index in [0.29, 0.717) is 0 Å². The van der Waals surface area contributed by atoms with Crippen molar-refractivity contribution in [2.75, 3.05) is 5.73 Å². The lowest BCUT2D eigenvalue weighted by Gasteiger charge is -2.12. The zero-order chi connectivity index (χ0) is 13.6. The number of anilines is 1. The van der Waals surface area contributed by atoms with Gasteiger partial charge in [0, 0.05) is 6.42 Å². The maximum atomic E-state index is 5.97. The number of benzene rings is 1. The minimum atomic E-state index is 0.147. The number of nitrogens with zero attached hydrogens (tertiary/aromatic N) is 2. The molecule has 4 nitrogen and oxygen atoms in total. The molecule has 0 radical (unpaired) electrons. The van der Waals surface area contributed by atoms with E-state index in [9.17, 15) is 0 Å². The van der Waals surface area contributed by atoms with Crippen LogP contribution < -0.4 is 10.5 Å². The predicted octanol–water partition coefficient (Wildman–Crippen LogP) is 2.39. The molecule has 3 rings (SSSR count). The van der Waals surface area contributed by atoms with Crippen molar-refractivity contribution >= 4 is 5.69 Å². The predicted molar refractivity (Wildman–Crippen MR) is 75.4 cm³/mol. The van der Waals surface area contributed by atoms with Crippen molar-refractivity contribution in [1.82, 2.24) is 9.78 Å². The third kappa shape index (κ3) is 2.07. The summed E-state index contributed by atoms with van der Waals surface area (Å²) < 4.78 is 7.92. The van der Waals surface area contributed by atoms with Crippen LogP contribution in [0.25, 0.3) is 0 Å². The molecule has 1 aliphatic rings. The molecule has 1 aromatic carbocycles. The van der Waals surface area contributed by atoms with E-state index >= 15 is 0 Å². The average Bonchev–Trinajstić information content (AvgIpc) is 2.86. The van der Waals surface area contributed by atoms with Gasteiger partial charge in [0.05, 0.1) is 23.6 Å². The number of rotatable bonds is 2. The first-order chi connectivity index (χ1) is 9.04. The highest BCUT2D eigenvalue weighted by Crippen LogP contribution is 2.30. The third-order valence-corrected chi connectivity index (χ3v) is 3.77. The topological polar surface area (TPSA) is 53.1 Å². The molecule has 0 aliphatic carbocycles. The second kappa shape index (κ2) is 4.30. The fraction of sp³-hybridized carbons (Fsp3) is 0.400. The van der Waals surface area contributed by atoms with Crippen LogP contribution in [-0.2, 0) is 13.0 Å². The second-order valence-electron chi connectivity index (χ2n) is 5.32. The van der Waals surface area contributed by atoms with Crippen LogP contribution in [0.15, 0.2) is 18.2 Å². The van der Waals surface area contributed by atoms with Gasteiger partial charge in [-0.3, -0.25) is 4.68 Å². The largest absolute Gasteiger partial charge is 0.488 e. The molecule has 0 fully saturated rings. The molecule has 100 valence electrons. The SMILES string of the molecule is Cc1ccc2c(c1)CC(Cn1nc(C)c(N)c1C)O2. The van der Waals surface area contributed by atoms with Crippen LogP contribution >= 0.6 is 0 Å². The average molecular weight is 257 g/mol. The third-order valence-electron chi connectivity index (χ3n) is 3.77. The molecule has 1 aromatic heterocycles. The standard InChI is InChI=1S/C15H19N3O/c1-9-4-5-14-12(6-9)7-13(19-14)8-18-11(3)15(16)10(2)17-18/h4-6,13H,7-8,16H2,1-3H3. The van der Waals surface area contributed by atoms with Crippen molar-refractivity contribution in [3.05, 3.63) is 40.7 Å². The van der Waals surface area contributed by atoms with Crippen molar-refractivity contribution in [2.24, 2.45) is 0 Å². The van der Waals surface area contributed by atoms with Gasteiger partial charge in [-0.05, 0) is 32.4 Å². The first-order valence-electron chi connectivity index (χ1n) is 6.60. The van der Waals surface area contributed by atoms with Crippen molar-refractivity contribution in [2.45, 2.75) is 39.8 Å². The molecular formula is C15H19N3O. The first kappa shape index (κ1) is 12.1. The molecule has 0 spiro atoms. The van der Waals surface area contributed by atoms with Gasteiger partial charge in [0.25, 0.3) is 0 Å². The molecule has 2 heterocycles. The molecule has 1 atom stereocenters. The number of aromatic nitrogens is 2. The molecule has 0 amide bonds. The minimum absolute atomic E-state index is 0.147. The summed E-state index contributed by atoms with van der Waals surface area (Å²) in [6, 6.07) is 6.34. The van der Waals surface area contributed by atoms with E-state index in [1.807, 2.05) is 18.5 Å². The molecule has 19 heavy (non-hydrogen) atoms. The lowest BCUT2D eigenvalue weighted by atomic mass is 10.1. The number of nitrogen functional groups attached to an aromatic ring is 1. The highest BCUT2D eigenvalue weighted by atomic mass is 16.5. The zero-order valence-electron chi connectivity index (χ0n) is 11.6. The summed E-state index contributed by atoms with van der Waals surface area (Å²) in [4.78, 5) is 0. The minimum Gasteiger partial charge on any atom is -0.488 e. The van der Waals surface area contributed by atoms with Crippen molar-refractivity contribution in [1.29, 1.82) is 0 Å². The van der Waals surface area contributed by atoms with Crippen LogP contribution in [0, 0.1) is 20.8 Å². The van der Waals surface area contributed by atoms with Crippen LogP contribution in [0.4, 0.5) is 5.69 Å². The lowest BCUT2D eigenvalue weighted by Crippen LogP contribution is -2.22. The van der Waals surface area contributed by atoms with E-state index in [1.165, 1.54) is 11.1 Å². The molecule has 0 saturated heterocycles. The van der Waals surface area contributed by atoms with Gasteiger partial charge in [0.15, 0.2) is 0 Å². The van der Waals surface area contributed by atoms with Crippen LogP contribution in [0.3, 0.4) is 0 Å². The number of ether oxygens (including phenoxy) is 1. The molecular weight excluding hydrogens is 238 g/mol. The molecule has 0 saturated carbocycles. The van der Waals surface area contributed by atoms with Crippen molar-refractivity contribution in [3.63, 3.8) is 0 Å². The van der Waals surface area contributed by atoms with Gasteiger partial charge in [0.1, 0.15) is 11.9 Å².